The summed E-state index contributed by atoms with van der Waals surface area (Å²) in [5.41, 5.74) is 1.43. The van der Waals surface area contributed by atoms with Gasteiger partial charge in [0.25, 0.3) is 0 Å². The third kappa shape index (κ3) is 4.56. The van der Waals surface area contributed by atoms with Gasteiger partial charge in [-0.1, -0.05) is 42.5 Å². The Labute approximate surface area is 107 Å². The van der Waals surface area contributed by atoms with Crippen molar-refractivity contribution < 1.29 is 0 Å². The molecular formula is C11H19Cl2NS. The van der Waals surface area contributed by atoms with E-state index in [0.29, 0.717) is 16.3 Å². The lowest BCUT2D eigenvalue weighted by Crippen LogP contribution is -2.39. The Bertz CT molecular complexity index is 213. The van der Waals surface area contributed by atoms with E-state index in [9.17, 15) is 0 Å². The van der Waals surface area contributed by atoms with Crippen LogP contribution >= 0.6 is 35.0 Å². The summed E-state index contributed by atoms with van der Waals surface area (Å²) in [5, 5.41) is 4.08. The van der Waals surface area contributed by atoms with Gasteiger partial charge in [-0.15, -0.1) is 0 Å². The molecule has 0 bridgehead atoms. The third-order valence-corrected chi connectivity index (χ3v) is 5.09. The predicted molar refractivity (Wildman–Crippen MR) is 72.0 cm³/mol. The molecule has 1 saturated carbocycles. The van der Waals surface area contributed by atoms with Crippen LogP contribution in [0.25, 0.3) is 0 Å². The molecule has 0 aromatic rings. The maximum Gasteiger partial charge on any atom is 0.0431 e. The lowest BCUT2D eigenvalue weighted by Gasteiger charge is -2.36. The summed E-state index contributed by atoms with van der Waals surface area (Å²) in [6.45, 7) is 1.72. The monoisotopic (exact) mass is 267 g/mol. The Balaban J connectivity index is 2.32. The molecular weight excluding hydrogens is 249 g/mol. The van der Waals surface area contributed by atoms with Crippen LogP contribution in [0.1, 0.15) is 32.1 Å². The molecule has 1 nitrogen and oxygen atoms in total. The second-order valence-electron chi connectivity index (χ2n) is 4.11. The van der Waals surface area contributed by atoms with E-state index < -0.39 is 0 Å². The molecule has 0 unspecified atom stereocenters. The summed E-state index contributed by atoms with van der Waals surface area (Å²) < 4.78 is 0.432. The standard InChI is InChI=1S/C11H19Cl2NS/c1-15-11(5-3-2-4-6-11)9-14-8-10(13)7-12/h7,14H,2-6,8-9H2,1H3. The average molecular weight is 268 g/mol. The molecule has 1 aliphatic rings. The number of rotatable bonds is 5. The molecule has 0 aliphatic heterocycles. The second kappa shape index (κ2) is 7.05. The predicted octanol–water partition coefficient (Wildman–Crippen LogP) is 3.96. The van der Waals surface area contributed by atoms with E-state index in [1.165, 1.54) is 37.6 Å². The van der Waals surface area contributed by atoms with Crippen LogP contribution < -0.4 is 5.32 Å². The van der Waals surface area contributed by atoms with Gasteiger partial charge in [-0.05, 0) is 19.1 Å². The first-order chi connectivity index (χ1) is 7.22. The van der Waals surface area contributed by atoms with Crippen molar-refractivity contribution in [3.05, 3.63) is 10.6 Å². The van der Waals surface area contributed by atoms with E-state index in [0.717, 1.165) is 6.54 Å². The molecule has 0 aromatic carbocycles. The van der Waals surface area contributed by atoms with Crippen LogP contribution in [0.2, 0.25) is 0 Å². The summed E-state index contributed by atoms with van der Waals surface area (Å²) in [6.07, 6.45) is 8.98. The van der Waals surface area contributed by atoms with E-state index in [2.05, 4.69) is 11.6 Å². The molecule has 1 aliphatic carbocycles. The van der Waals surface area contributed by atoms with Gasteiger partial charge in [0.1, 0.15) is 0 Å². The van der Waals surface area contributed by atoms with Gasteiger partial charge >= 0.3 is 0 Å². The smallest absolute Gasteiger partial charge is 0.0431 e. The van der Waals surface area contributed by atoms with Gasteiger partial charge in [-0.3, -0.25) is 0 Å². The number of hydrogen-bond donors (Lipinski definition) is 1. The summed E-state index contributed by atoms with van der Waals surface area (Å²) in [5.74, 6) is 0. The summed E-state index contributed by atoms with van der Waals surface area (Å²) in [6, 6.07) is 0. The summed E-state index contributed by atoms with van der Waals surface area (Å²) >= 11 is 13.3. The van der Waals surface area contributed by atoms with Crippen molar-refractivity contribution in [3.63, 3.8) is 0 Å². The van der Waals surface area contributed by atoms with Crippen molar-refractivity contribution in [1.29, 1.82) is 0 Å². The Kier molecular flexibility index (Phi) is 6.44. The van der Waals surface area contributed by atoms with Gasteiger partial charge in [-0.25, -0.2) is 0 Å². The van der Waals surface area contributed by atoms with E-state index in [1.807, 2.05) is 11.8 Å². The van der Waals surface area contributed by atoms with Crippen LogP contribution in [-0.2, 0) is 0 Å². The fourth-order valence-electron chi connectivity index (χ4n) is 2.10. The molecule has 0 amide bonds. The molecule has 0 atom stereocenters. The quantitative estimate of drug-likeness (QED) is 0.810. The number of halogens is 2. The zero-order valence-electron chi connectivity index (χ0n) is 9.19. The highest BCUT2D eigenvalue weighted by atomic mass is 35.5. The fraction of sp³-hybridized carbons (Fsp3) is 0.818. The second-order valence-corrected chi connectivity index (χ2v) is 6.09. The van der Waals surface area contributed by atoms with E-state index in [4.69, 9.17) is 23.2 Å². The average Bonchev–Trinajstić information content (AvgIpc) is 2.30. The largest absolute Gasteiger partial charge is 0.310 e. The maximum absolute atomic E-state index is 5.83. The van der Waals surface area contributed by atoms with Crippen molar-refractivity contribution in [2.45, 2.75) is 36.9 Å². The molecule has 1 fully saturated rings. The van der Waals surface area contributed by atoms with Crippen LogP contribution in [0.4, 0.5) is 0 Å². The van der Waals surface area contributed by atoms with Gasteiger partial charge in [-0.2, -0.15) is 11.8 Å². The first-order valence-corrected chi connectivity index (χ1v) is 7.47. The summed E-state index contributed by atoms with van der Waals surface area (Å²) in [4.78, 5) is 0. The van der Waals surface area contributed by atoms with Gasteiger partial charge in [0, 0.05) is 28.4 Å². The highest BCUT2D eigenvalue weighted by molar-refractivity contribution is 8.00. The fourth-order valence-corrected chi connectivity index (χ4v) is 3.21. The Morgan fingerprint density at radius 2 is 2.07 bits per heavy atom. The number of thioether (sulfide) groups is 1. The SMILES string of the molecule is CSC1(CNCC(Cl)=CCl)CCCCC1. The van der Waals surface area contributed by atoms with Crippen LogP contribution in [0, 0.1) is 0 Å². The first-order valence-electron chi connectivity index (χ1n) is 5.43. The lowest BCUT2D eigenvalue weighted by atomic mass is 9.88. The van der Waals surface area contributed by atoms with Crippen molar-refractivity contribution in [2.24, 2.45) is 0 Å². The van der Waals surface area contributed by atoms with Crippen LogP contribution in [0.3, 0.4) is 0 Å². The molecule has 0 saturated heterocycles. The first kappa shape index (κ1) is 13.7. The minimum Gasteiger partial charge on any atom is -0.310 e. The van der Waals surface area contributed by atoms with E-state index >= 15 is 0 Å². The van der Waals surface area contributed by atoms with E-state index in [1.54, 1.807) is 0 Å². The Morgan fingerprint density at radius 3 is 2.60 bits per heavy atom. The Morgan fingerprint density at radius 1 is 1.40 bits per heavy atom. The topological polar surface area (TPSA) is 12.0 Å². The van der Waals surface area contributed by atoms with Gasteiger partial charge in [0.05, 0.1) is 0 Å². The van der Waals surface area contributed by atoms with Crippen LogP contribution in [-0.4, -0.2) is 24.1 Å². The molecule has 4 heteroatoms. The normalized spacial score (nSPS) is 21.7. The molecule has 88 valence electrons. The zero-order valence-corrected chi connectivity index (χ0v) is 11.5. The number of nitrogens with one attached hydrogen (secondary N) is 1. The minimum atomic E-state index is 0.432. The highest BCUT2D eigenvalue weighted by Crippen LogP contribution is 2.37. The molecule has 0 heterocycles. The zero-order chi connectivity index (χ0) is 11.1. The van der Waals surface area contributed by atoms with Gasteiger partial charge in [0.15, 0.2) is 0 Å². The van der Waals surface area contributed by atoms with Gasteiger partial charge < -0.3 is 5.32 Å². The van der Waals surface area contributed by atoms with Crippen molar-refractivity contribution in [2.75, 3.05) is 19.3 Å². The lowest BCUT2D eigenvalue weighted by molar-refractivity contribution is 0.384. The van der Waals surface area contributed by atoms with Crippen molar-refractivity contribution in [3.8, 4) is 0 Å². The highest BCUT2D eigenvalue weighted by Gasteiger charge is 2.30. The molecule has 0 aromatic heterocycles. The molecule has 1 rings (SSSR count). The van der Waals surface area contributed by atoms with E-state index in [-0.39, 0.29) is 0 Å². The molecule has 15 heavy (non-hydrogen) atoms. The third-order valence-electron chi connectivity index (χ3n) is 3.06. The Hall–Kier alpha value is 0.630. The molecule has 0 radical (unpaired) electrons. The minimum absolute atomic E-state index is 0.432. The van der Waals surface area contributed by atoms with Crippen LogP contribution in [0.15, 0.2) is 10.6 Å². The summed E-state index contributed by atoms with van der Waals surface area (Å²) in [7, 11) is 0. The number of hydrogen-bond acceptors (Lipinski definition) is 2. The van der Waals surface area contributed by atoms with Crippen LogP contribution in [0.5, 0.6) is 0 Å². The van der Waals surface area contributed by atoms with Crippen molar-refractivity contribution >= 4 is 35.0 Å². The maximum atomic E-state index is 5.83. The van der Waals surface area contributed by atoms with Gasteiger partial charge in [0.2, 0.25) is 0 Å². The molecule has 0 spiro atoms. The molecule has 1 N–H and O–H groups in total. The van der Waals surface area contributed by atoms with Crippen molar-refractivity contribution in [1.82, 2.24) is 5.32 Å².